The number of carbonyl (C=O) groups is 1. The number of ether oxygens (including phenoxy) is 1. The van der Waals surface area contributed by atoms with Gasteiger partial charge in [-0.25, -0.2) is 0 Å². The lowest BCUT2D eigenvalue weighted by Crippen LogP contribution is -2.89. The molecule has 0 aliphatic heterocycles. The van der Waals surface area contributed by atoms with Crippen molar-refractivity contribution in [3.8, 4) is 0 Å². The number of carbonyl (C=O) groups excluding carboxylic acids is 1. The maximum atomic E-state index is 10.8. The predicted octanol–water partition coefficient (Wildman–Crippen LogP) is 1.31. The summed E-state index contributed by atoms with van der Waals surface area (Å²) in [6, 6.07) is 0. The summed E-state index contributed by atoms with van der Waals surface area (Å²) in [7, 11) is 0. The Morgan fingerprint density at radius 3 is 2.57 bits per heavy atom. The summed E-state index contributed by atoms with van der Waals surface area (Å²) in [6.07, 6.45) is 1.53. The average Bonchev–Trinajstić information content (AvgIpc) is 2.40. The van der Waals surface area contributed by atoms with Crippen molar-refractivity contribution < 1.29 is 9.53 Å². The number of hydrogen-bond donors (Lipinski definition) is 0. The summed E-state index contributed by atoms with van der Waals surface area (Å²) in [5.74, 6) is 7.27. The molecule has 0 aromatic heterocycles. The molecule has 6 fully saturated rings. The second kappa shape index (κ2) is 1.56. The Morgan fingerprint density at radius 1 is 1.29 bits per heavy atom. The minimum atomic E-state index is -0.0858. The van der Waals surface area contributed by atoms with Crippen LogP contribution in [0.15, 0.2) is 0 Å². The molecule has 6 rings (SSSR count). The van der Waals surface area contributed by atoms with Crippen molar-refractivity contribution in [3.05, 3.63) is 0 Å². The van der Waals surface area contributed by atoms with E-state index < -0.39 is 0 Å². The van der Waals surface area contributed by atoms with E-state index in [4.69, 9.17) is 4.74 Å². The number of esters is 1. The van der Waals surface area contributed by atoms with Crippen LogP contribution in [0.25, 0.3) is 0 Å². The third-order valence-corrected chi connectivity index (χ3v) is 6.50. The zero-order valence-electron chi connectivity index (χ0n) is 8.27. The van der Waals surface area contributed by atoms with Crippen molar-refractivity contribution in [2.75, 3.05) is 6.61 Å². The van der Waals surface area contributed by atoms with Gasteiger partial charge in [0.05, 0.1) is 6.61 Å². The van der Waals surface area contributed by atoms with Crippen molar-refractivity contribution in [1.29, 1.82) is 0 Å². The summed E-state index contributed by atoms with van der Waals surface area (Å²) in [4.78, 5) is 10.8. The zero-order chi connectivity index (χ0) is 9.24. The lowest BCUT2D eigenvalue weighted by Gasteiger charge is -2.90. The van der Waals surface area contributed by atoms with E-state index in [0.717, 1.165) is 48.0 Å². The Labute approximate surface area is 83.0 Å². The molecule has 0 unspecified atom stereocenters. The first-order chi connectivity index (χ1) is 6.77. The largest absolute Gasteiger partial charge is 0.465 e. The molecule has 2 heteroatoms. The molecular weight excluding hydrogens is 176 g/mol. The van der Waals surface area contributed by atoms with Crippen LogP contribution in [0.4, 0.5) is 0 Å². The van der Waals surface area contributed by atoms with Gasteiger partial charge in [0.25, 0.3) is 0 Å². The first-order valence-electron chi connectivity index (χ1n) is 5.90. The second-order valence-corrected chi connectivity index (χ2v) is 6.19. The molecule has 6 aliphatic carbocycles. The molecule has 4 atom stereocenters. The van der Waals surface area contributed by atoms with E-state index in [1.54, 1.807) is 0 Å². The van der Waals surface area contributed by atoms with E-state index in [2.05, 4.69) is 0 Å². The quantitative estimate of drug-likeness (QED) is 0.614. The highest BCUT2D eigenvalue weighted by Crippen LogP contribution is 2.99. The Kier molecular flexibility index (Phi) is 0.763. The third-order valence-electron chi connectivity index (χ3n) is 6.50. The molecule has 0 aromatic carbocycles. The molecule has 0 N–H and O–H groups in total. The Bertz CT molecular complexity index is 351. The molecular formula is C12H14O2. The molecule has 0 aromatic rings. The van der Waals surface area contributed by atoms with Crippen LogP contribution in [0, 0.1) is 46.8 Å². The van der Waals surface area contributed by atoms with Gasteiger partial charge in [0, 0.05) is 12.3 Å². The van der Waals surface area contributed by atoms with Gasteiger partial charge in [-0.05, 0) is 47.8 Å². The molecule has 6 saturated carbocycles. The smallest absolute Gasteiger partial charge is 0.302 e. The summed E-state index contributed by atoms with van der Waals surface area (Å²) in [5.41, 5.74) is 0.540. The van der Waals surface area contributed by atoms with Crippen LogP contribution >= 0.6 is 0 Å². The van der Waals surface area contributed by atoms with Crippen LogP contribution in [0.1, 0.15) is 13.3 Å². The van der Waals surface area contributed by atoms with E-state index in [0.29, 0.717) is 5.41 Å². The summed E-state index contributed by atoms with van der Waals surface area (Å²) in [5, 5.41) is 0. The number of rotatable bonds is 2. The minimum Gasteiger partial charge on any atom is -0.465 e. The highest BCUT2D eigenvalue weighted by atomic mass is 16.5. The Morgan fingerprint density at radius 2 is 2.00 bits per heavy atom. The van der Waals surface area contributed by atoms with Crippen LogP contribution < -0.4 is 0 Å². The van der Waals surface area contributed by atoms with Gasteiger partial charge < -0.3 is 4.74 Å². The number of hydrogen-bond acceptors (Lipinski definition) is 2. The van der Waals surface area contributed by atoms with Crippen molar-refractivity contribution in [2.24, 2.45) is 46.8 Å². The van der Waals surface area contributed by atoms with Crippen LogP contribution in [-0.4, -0.2) is 12.6 Å². The molecule has 14 heavy (non-hydrogen) atoms. The molecule has 0 heterocycles. The van der Waals surface area contributed by atoms with Crippen LogP contribution in [0.2, 0.25) is 0 Å². The summed E-state index contributed by atoms with van der Waals surface area (Å²) >= 11 is 0. The van der Waals surface area contributed by atoms with E-state index in [1.807, 2.05) is 0 Å². The van der Waals surface area contributed by atoms with Gasteiger partial charge in [-0.2, -0.15) is 0 Å². The summed E-state index contributed by atoms with van der Waals surface area (Å²) < 4.78 is 5.27. The van der Waals surface area contributed by atoms with Gasteiger partial charge in [-0.3, -0.25) is 4.79 Å². The van der Waals surface area contributed by atoms with Gasteiger partial charge in [-0.1, -0.05) is 0 Å². The zero-order valence-corrected chi connectivity index (χ0v) is 8.27. The van der Waals surface area contributed by atoms with Crippen molar-refractivity contribution in [2.45, 2.75) is 13.3 Å². The second-order valence-electron chi connectivity index (χ2n) is 6.19. The first kappa shape index (κ1) is 6.86. The fraction of sp³-hybridized carbons (Fsp3) is 0.917. The van der Waals surface area contributed by atoms with E-state index in [1.165, 1.54) is 13.3 Å². The van der Waals surface area contributed by atoms with Crippen LogP contribution in [-0.2, 0) is 9.53 Å². The maximum Gasteiger partial charge on any atom is 0.302 e. The molecule has 0 spiro atoms. The molecule has 0 radical (unpaired) electrons. The average molecular weight is 190 g/mol. The van der Waals surface area contributed by atoms with Crippen molar-refractivity contribution in [3.63, 3.8) is 0 Å². The molecule has 0 amide bonds. The topological polar surface area (TPSA) is 26.3 Å². The highest BCUT2D eigenvalue weighted by Gasteiger charge is 2.97. The van der Waals surface area contributed by atoms with Crippen LogP contribution in [0.3, 0.4) is 0 Å². The van der Waals surface area contributed by atoms with Crippen molar-refractivity contribution >= 4 is 5.97 Å². The lowest BCUT2D eigenvalue weighted by atomic mass is 9.13. The standard InChI is InChI=1S/C12H14O2/c1-4(13)14-3-12-9-6-2-5-7(9)11(12)8(5)10(6)12/h5-11H,2-3H2,1H3/t5?,6?,7-,8-,9+,10+,11?,12?/m1/s1. The fourth-order valence-corrected chi connectivity index (χ4v) is 6.65. The maximum absolute atomic E-state index is 10.8. The SMILES string of the molecule is CC(=O)OCC12C3[C@@H]4C5CC([C@@H]41)[C@H]2[C@@H]53. The highest BCUT2D eigenvalue weighted by molar-refractivity contribution is 5.66. The normalized spacial score (nSPS) is 72.5. The van der Waals surface area contributed by atoms with Crippen molar-refractivity contribution in [1.82, 2.24) is 0 Å². The van der Waals surface area contributed by atoms with Gasteiger partial charge in [0.15, 0.2) is 0 Å². The fourth-order valence-electron chi connectivity index (χ4n) is 6.65. The minimum absolute atomic E-state index is 0.0858. The molecule has 6 aliphatic rings. The van der Waals surface area contributed by atoms with E-state index in [-0.39, 0.29) is 5.97 Å². The van der Waals surface area contributed by atoms with E-state index >= 15 is 0 Å². The first-order valence-corrected chi connectivity index (χ1v) is 5.90. The molecule has 2 nitrogen and oxygen atoms in total. The molecule has 0 saturated heterocycles. The van der Waals surface area contributed by atoms with Gasteiger partial charge in [-0.15, -0.1) is 0 Å². The lowest BCUT2D eigenvalue weighted by molar-refractivity contribution is -0.455. The summed E-state index contributed by atoms with van der Waals surface area (Å²) in [6.45, 7) is 2.30. The Hall–Kier alpha value is -0.530. The van der Waals surface area contributed by atoms with Gasteiger partial charge >= 0.3 is 5.97 Å². The van der Waals surface area contributed by atoms with Gasteiger partial charge in [0.1, 0.15) is 0 Å². The van der Waals surface area contributed by atoms with Gasteiger partial charge in [0.2, 0.25) is 0 Å². The molecule has 2 bridgehead atoms. The third kappa shape index (κ3) is 0.356. The predicted molar refractivity (Wildman–Crippen MR) is 48.1 cm³/mol. The molecule has 74 valence electrons. The monoisotopic (exact) mass is 190 g/mol. The Balaban J connectivity index is 1.47. The van der Waals surface area contributed by atoms with Crippen LogP contribution in [0.5, 0.6) is 0 Å². The van der Waals surface area contributed by atoms with E-state index in [9.17, 15) is 4.79 Å².